The molecule has 15 heteroatoms. The van der Waals surface area contributed by atoms with Gasteiger partial charge in [0.15, 0.2) is 6.29 Å². The van der Waals surface area contributed by atoms with Gasteiger partial charge in [-0.1, -0.05) is 55.4 Å². The molecule has 0 spiro atoms. The molecule has 14 nitrogen and oxygen atoms in total. The number of ether oxygens (including phenoxy) is 2. The lowest BCUT2D eigenvalue weighted by Gasteiger charge is -2.29. The van der Waals surface area contributed by atoms with Crippen molar-refractivity contribution in [2.75, 3.05) is 32.2 Å². The van der Waals surface area contributed by atoms with E-state index in [0.29, 0.717) is 50.8 Å². The molecule has 0 fully saturated rings. The zero-order valence-electron chi connectivity index (χ0n) is 32.8. The van der Waals surface area contributed by atoms with Gasteiger partial charge in [-0.05, 0) is 62.2 Å². The zero-order valence-corrected chi connectivity index (χ0v) is 33.5. The fourth-order valence-electron chi connectivity index (χ4n) is 6.37. The smallest absolute Gasteiger partial charge is 0.223 e. The van der Waals surface area contributed by atoms with Crippen molar-refractivity contribution in [3.63, 3.8) is 0 Å². The van der Waals surface area contributed by atoms with Crippen LogP contribution in [0.1, 0.15) is 100 Å². The van der Waals surface area contributed by atoms with Crippen LogP contribution >= 0.6 is 11.6 Å². The molecule has 52 heavy (non-hydrogen) atoms. The molecule has 0 rings (SSSR count). The highest BCUT2D eigenvalue weighted by Gasteiger charge is 2.32. The first-order chi connectivity index (χ1) is 24.5. The molecular weight excluding hydrogens is 692 g/mol. The van der Waals surface area contributed by atoms with Gasteiger partial charge in [0.2, 0.25) is 36.4 Å². The third-order valence-corrected chi connectivity index (χ3v) is 9.40. The van der Waals surface area contributed by atoms with Crippen molar-refractivity contribution >= 4 is 48.0 Å². The molecule has 302 valence electrons. The highest BCUT2D eigenvalue weighted by atomic mass is 35.5. The van der Waals surface area contributed by atoms with Gasteiger partial charge in [-0.25, -0.2) is 0 Å². The van der Waals surface area contributed by atoms with Crippen LogP contribution in [-0.2, 0) is 38.2 Å². The number of hydrogen-bond donors (Lipinski definition) is 6. The van der Waals surface area contributed by atoms with Gasteiger partial charge in [0.1, 0.15) is 0 Å². The van der Waals surface area contributed by atoms with Crippen LogP contribution in [0.15, 0.2) is 0 Å². The van der Waals surface area contributed by atoms with Crippen molar-refractivity contribution in [2.24, 2.45) is 58.8 Å². The summed E-state index contributed by atoms with van der Waals surface area (Å²) in [6.07, 6.45) is 3.42. The monoisotopic (exact) mass is 760 g/mol. The molecule has 6 amide bonds. The van der Waals surface area contributed by atoms with Crippen molar-refractivity contribution in [1.82, 2.24) is 21.3 Å². The Morgan fingerprint density at radius 1 is 0.635 bits per heavy atom. The Bertz CT molecular complexity index is 1060. The highest BCUT2D eigenvalue weighted by Crippen LogP contribution is 2.28. The zero-order chi connectivity index (χ0) is 39.8. The molecule has 0 radical (unpaired) electrons. The fourth-order valence-corrected chi connectivity index (χ4v) is 6.55. The van der Waals surface area contributed by atoms with Crippen LogP contribution in [0.3, 0.4) is 0 Å². The second kappa shape index (κ2) is 27.6. The summed E-state index contributed by atoms with van der Waals surface area (Å²) in [4.78, 5) is 73.7. The van der Waals surface area contributed by atoms with Crippen molar-refractivity contribution in [3.8, 4) is 0 Å². The van der Waals surface area contributed by atoms with Crippen molar-refractivity contribution < 1.29 is 38.2 Å². The van der Waals surface area contributed by atoms with E-state index in [9.17, 15) is 28.8 Å². The summed E-state index contributed by atoms with van der Waals surface area (Å²) >= 11 is 5.99. The van der Waals surface area contributed by atoms with E-state index in [1.807, 2.05) is 55.4 Å². The third kappa shape index (κ3) is 21.5. The van der Waals surface area contributed by atoms with Gasteiger partial charge in [0, 0.05) is 61.1 Å². The van der Waals surface area contributed by atoms with E-state index in [1.165, 1.54) is 0 Å². The third-order valence-electron chi connectivity index (χ3n) is 9.19. The first-order valence-electron chi connectivity index (χ1n) is 18.8. The van der Waals surface area contributed by atoms with E-state index < -0.39 is 41.8 Å². The average Bonchev–Trinajstić information content (AvgIpc) is 3.04. The van der Waals surface area contributed by atoms with Crippen LogP contribution < -0.4 is 32.7 Å². The van der Waals surface area contributed by atoms with E-state index in [0.717, 1.165) is 0 Å². The molecular formula is C37H69ClN6O8. The number of primary amides is 2. The van der Waals surface area contributed by atoms with E-state index >= 15 is 0 Å². The normalized spacial score (nSPS) is 15.7. The Morgan fingerprint density at radius 2 is 1.15 bits per heavy atom. The number of rotatable bonds is 32. The number of carbonyl (C=O) groups excluding carboxylic acids is 6. The van der Waals surface area contributed by atoms with Crippen molar-refractivity contribution in [2.45, 2.75) is 119 Å². The van der Waals surface area contributed by atoms with Crippen molar-refractivity contribution in [1.29, 1.82) is 0 Å². The largest absolute Gasteiger partial charge is 0.369 e. The summed E-state index contributed by atoms with van der Waals surface area (Å²) in [6, 6.07) is -0.419. The Balaban J connectivity index is 5.36. The van der Waals surface area contributed by atoms with Gasteiger partial charge < -0.3 is 42.2 Å². The molecule has 0 aromatic carbocycles. The predicted octanol–water partition coefficient (Wildman–Crippen LogP) is 2.84. The van der Waals surface area contributed by atoms with Crippen LogP contribution in [0.25, 0.3) is 0 Å². The standard InChI is InChI=1S/C37H69ClN6O8/c1-23(2)15-27(34(39)47)17-28(19-31(25(5)6)35(40)48)36(49)41-11-13-51-33(9-10-38)52-14-12-42-37(50)29(20-32(26(7)8)44-22-46)18-30(43-21-45)16-24(3)4/h21-33H,9-20H2,1-8H3,(H2,39,47)(H2,40,48)(H,41,49)(H,42,50)(H,43,45)(H,44,46). The number of carbonyl (C=O) groups is 6. The van der Waals surface area contributed by atoms with Gasteiger partial charge in [0.25, 0.3) is 0 Å². The van der Waals surface area contributed by atoms with Gasteiger partial charge in [0.05, 0.1) is 13.2 Å². The Morgan fingerprint density at radius 3 is 1.56 bits per heavy atom. The first-order valence-corrected chi connectivity index (χ1v) is 19.3. The SMILES string of the molecule is CC(C)CC(CC(CC(NC=O)C(C)C)C(=O)NCCOC(CCCl)OCCNC(=O)C(CC(CC(C)C)C(N)=O)CC(C(N)=O)C(C)C)NC=O. The van der Waals surface area contributed by atoms with E-state index in [4.69, 9.17) is 32.5 Å². The number of amides is 6. The predicted molar refractivity (Wildman–Crippen MR) is 202 cm³/mol. The van der Waals surface area contributed by atoms with Gasteiger partial charge in [-0.3, -0.25) is 28.8 Å². The van der Waals surface area contributed by atoms with Crippen LogP contribution in [0.5, 0.6) is 0 Å². The molecule has 0 aromatic heterocycles. The Kier molecular flexibility index (Phi) is 26.0. The second-order valence-corrected chi connectivity index (χ2v) is 15.7. The van der Waals surface area contributed by atoms with Crippen LogP contribution in [-0.4, -0.2) is 87.0 Å². The molecule has 0 bridgehead atoms. The molecule has 7 atom stereocenters. The minimum absolute atomic E-state index is 0.0879. The van der Waals surface area contributed by atoms with E-state index in [2.05, 4.69) is 21.3 Å². The lowest BCUT2D eigenvalue weighted by atomic mass is 9.79. The fraction of sp³-hybridized carbons (Fsp3) is 0.838. The molecule has 0 aliphatic heterocycles. The molecule has 0 saturated heterocycles. The summed E-state index contributed by atoms with van der Waals surface area (Å²) in [5, 5.41) is 11.4. The molecule has 0 saturated carbocycles. The quantitative estimate of drug-likeness (QED) is 0.0258. The number of hydrogen-bond acceptors (Lipinski definition) is 8. The van der Waals surface area contributed by atoms with Crippen LogP contribution in [0.4, 0.5) is 0 Å². The topological polar surface area (TPSA) is 221 Å². The van der Waals surface area contributed by atoms with E-state index in [1.54, 1.807) is 0 Å². The first kappa shape index (κ1) is 49.0. The van der Waals surface area contributed by atoms with Crippen LogP contribution in [0.2, 0.25) is 0 Å². The summed E-state index contributed by atoms with van der Waals surface area (Å²) in [6.45, 7) is 16.3. The molecule has 0 aromatic rings. The summed E-state index contributed by atoms with van der Waals surface area (Å²) in [5.74, 6) is -2.95. The summed E-state index contributed by atoms with van der Waals surface area (Å²) < 4.78 is 11.7. The summed E-state index contributed by atoms with van der Waals surface area (Å²) in [5.41, 5.74) is 11.3. The average molecular weight is 761 g/mol. The molecule has 0 aliphatic carbocycles. The Labute approximate surface area is 316 Å². The summed E-state index contributed by atoms with van der Waals surface area (Å²) in [7, 11) is 0. The second-order valence-electron chi connectivity index (χ2n) is 15.3. The highest BCUT2D eigenvalue weighted by molar-refractivity contribution is 6.17. The van der Waals surface area contributed by atoms with Gasteiger partial charge >= 0.3 is 0 Å². The number of halogens is 1. The molecule has 7 unspecified atom stereocenters. The number of nitrogens with two attached hydrogens (primary N) is 2. The van der Waals surface area contributed by atoms with Crippen LogP contribution in [0, 0.1) is 47.3 Å². The maximum Gasteiger partial charge on any atom is 0.223 e. The molecule has 0 aliphatic rings. The molecule has 0 heterocycles. The van der Waals surface area contributed by atoms with E-state index in [-0.39, 0.29) is 86.7 Å². The van der Waals surface area contributed by atoms with Crippen molar-refractivity contribution in [3.05, 3.63) is 0 Å². The maximum absolute atomic E-state index is 13.4. The lowest BCUT2D eigenvalue weighted by molar-refractivity contribution is -0.145. The number of nitrogens with one attached hydrogen (secondary N) is 4. The number of alkyl halides is 1. The molecule has 8 N–H and O–H groups in total. The maximum atomic E-state index is 13.4. The van der Waals surface area contributed by atoms with Gasteiger partial charge in [-0.2, -0.15) is 0 Å². The van der Waals surface area contributed by atoms with Gasteiger partial charge in [-0.15, -0.1) is 11.6 Å². The Hall–Kier alpha value is -2.97. The lowest BCUT2D eigenvalue weighted by Crippen LogP contribution is -2.43. The minimum Gasteiger partial charge on any atom is -0.369 e. The minimum atomic E-state index is -0.697.